The third-order valence-corrected chi connectivity index (χ3v) is 4.67. The predicted octanol–water partition coefficient (Wildman–Crippen LogP) is 4.11. The molecule has 4 heterocycles. The summed E-state index contributed by atoms with van der Waals surface area (Å²) in [6.45, 7) is 0.984. The second kappa shape index (κ2) is 5.27. The van der Waals surface area contributed by atoms with Crippen LogP contribution < -0.4 is 0 Å². The number of pyridine rings is 2. The summed E-state index contributed by atoms with van der Waals surface area (Å²) in [5.41, 5.74) is 6.60. The Hall–Kier alpha value is -3.01. The third-order valence-electron chi connectivity index (χ3n) is 4.67. The Morgan fingerprint density at radius 1 is 0.875 bits per heavy atom. The first kappa shape index (κ1) is 13.4. The number of fused-ring (bicyclic) bond motifs is 2. The number of aromatic nitrogens is 4. The molecule has 0 atom stereocenters. The molecule has 4 heteroatoms. The van der Waals surface area contributed by atoms with Crippen molar-refractivity contribution in [2.24, 2.45) is 0 Å². The van der Waals surface area contributed by atoms with Crippen LogP contribution in [0, 0.1) is 0 Å². The Kier molecular flexibility index (Phi) is 2.95. The highest BCUT2D eigenvalue weighted by molar-refractivity contribution is 5.97. The van der Waals surface area contributed by atoms with Crippen molar-refractivity contribution in [2.75, 3.05) is 0 Å². The first-order valence-electron chi connectivity index (χ1n) is 8.27. The molecule has 5 rings (SSSR count). The van der Waals surface area contributed by atoms with Gasteiger partial charge in [0, 0.05) is 41.1 Å². The van der Waals surface area contributed by atoms with Crippen LogP contribution in [0.4, 0.5) is 0 Å². The van der Waals surface area contributed by atoms with Crippen molar-refractivity contribution >= 4 is 10.9 Å². The van der Waals surface area contributed by atoms with Crippen molar-refractivity contribution in [3.05, 3.63) is 66.6 Å². The van der Waals surface area contributed by atoms with Gasteiger partial charge in [0.1, 0.15) is 5.69 Å². The van der Waals surface area contributed by atoms with Gasteiger partial charge in [-0.2, -0.15) is 5.10 Å². The van der Waals surface area contributed by atoms with E-state index in [-0.39, 0.29) is 0 Å². The van der Waals surface area contributed by atoms with Gasteiger partial charge in [0.25, 0.3) is 0 Å². The fraction of sp³-hybridized carbons (Fsp3) is 0.150. The number of benzene rings is 1. The fourth-order valence-electron chi connectivity index (χ4n) is 3.60. The Morgan fingerprint density at radius 3 is 2.71 bits per heavy atom. The van der Waals surface area contributed by atoms with Gasteiger partial charge in [-0.15, -0.1) is 0 Å². The smallest absolute Gasteiger partial charge is 0.103 e. The summed E-state index contributed by atoms with van der Waals surface area (Å²) in [4.78, 5) is 9.08. The van der Waals surface area contributed by atoms with Crippen LogP contribution in [0.5, 0.6) is 0 Å². The maximum atomic E-state index is 4.94. The highest BCUT2D eigenvalue weighted by Gasteiger charge is 2.25. The first-order valence-corrected chi connectivity index (χ1v) is 8.27. The van der Waals surface area contributed by atoms with Crippen LogP contribution in [0.2, 0.25) is 0 Å². The average Bonchev–Trinajstić information content (AvgIpc) is 3.23. The summed E-state index contributed by atoms with van der Waals surface area (Å²) < 4.78 is 2.15. The Balaban J connectivity index is 1.83. The molecular formula is C20H16N4. The van der Waals surface area contributed by atoms with Crippen LogP contribution in [-0.4, -0.2) is 19.7 Å². The fourth-order valence-corrected chi connectivity index (χ4v) is 3.60. The lowest BCUT2D eigenvalue weighted by Crippen LogP contribution is -1.94. The Morgan fingerprint density at radius 2 is 1.79 bits per heavy atom. The Bertz CT molecular complexity index is 1030. The number of rotatable bonds is 2. The number of nitrogens with zero attached hydrogens (tertiary/aromatic N) is 4. The van der Waals surface area contributed by atoms with E-state index in [1.165, 1.54) is 11.3 Å². The third kappa shape index (κ3) is 1.96. The number of aryl methyl sites for hydroxylation is 1. The molecular weight excluding hydrogens is 296 g/mol. The topological polar surface area (TPSA) is 43.6 Å². The maximum Gasteiger partial charge on any atom is 0.103 e. The van der Waals surface area contributed by atoms with E-state index in [0.717, 1.165) is 47.2 Å². The van der Waals surface area contributed by atoms with Gasteiger partial charge in [0.15, 0.2) is 0 Å². The molecule has 0 amide bonds. The zero-order valence-corrected chi connectivity index (χ0v) is 13.2. The molecule has 0 spiro atoms. The summed E-state index contributed by atoms with van der Waals surface area (Å²) in [7, 11) is 0. The van der Waals surface area contributed by atoms with E-state index in [9.17, 15) is 0 Å². The zero-order valence-electron chi connectivity index (χ0n) is 13.2. The van der Waals surface area contributed by atoms with Gasteiger partial charge in [-0.1, -0.05) is 24.3 Å². The molecule has 0 unspecified atom stereocenters. The van der Waals surface area contributed by atoms with E-state index in [2.05, 4.69) is 38.9 Å². The molecule has 1 aliphatic heterocycles. The molecule has 0 bridgehead atoms. The predicted molar refractivity (Wildman–Crippen MR) is 94.5 cm³/mol. The first-order chi connectivity index (χ1) is 11.9. The van der Waals surface area contributed by atoms with Gasteiger partial charge < -0.3 is 0 Å². The van der Waals surface area contributed by atoms with Crippen molar-refractivity contribution in [2.45, 2.75) is 19.4 Å². The van der Waals surface area contributed by atoms with Gasteiger partial charge in [-0.25, -0.2) is 0 Å². The van der Waals surface area contributed by atoms with Gasteiger partial charge in [0.2, 0.25) is 0 Å². The minimum absolute atomic E-state index is 0.984. The standard InChI is InChI=1S/C20H16N4/c1-2-7-16-14(6-1)15(10-12-22-16)20-19(17-8-3-4-11-21-17)18-9-5-13-24(18)23-20/h1-4,6-8,10-12H,5,9,13H2. The zero-order chi connectivity index (χ0) is 15.9. The van der Waals surface area contributed by atoms with Crippen molar-refractivity contribution < 1.29 is 0 Å². The second-order valence-electron chi connectivity index (χ2n) is 6.09. The molecule has 0 N–H and O–H groups in total. The van der Waals surface area contributed by atoms with E-state index >= 15 is 0 Å². The number of para-hydroxylation sites is 1. The monoisotopic (exact) mass is 312 g/mol. The molecule has 0 aliphatic carbocycles. The van der Waals surface area contributed by atoms with Crippen LogP contribution >= 0.6 is 0 Å². The van der Waals surface area contributed by atoms with Gasteiger partial charge in [-0.05, 0) is 37.1 Å². The summed E-state index contributed by atoms with van der Waals surface area (Å²) in [5, 5.41) is 6.07. The molecule has 0 saturated carbocycles. The normalized spacial score (nSPS) is 13.3. The van der Waals surface area contributed by atoms with Crippen molar-refractivity contribution in [1.82, 2.24) is 19.7 Å². The summed E-state index contributed by atoms with van der Waals surface area (Å²) in [6, 6.07) is 16.4. The summed E-state index contributed by atoms with van der Waals surface area (Å²) in [6.07, 6.45) is 5.93. The second-order valence-corrected chi connectivity index (χ2v) is 6.09. The Labute approximate surface area is 139 Å². The average molecular weight is 312 g/mol. The van der Waals surface area contributed by atoms with Gasteiger partial charge in [0.05, 0.1) is 11.2 Å². The highest BCUT2D eigenvalue weighted by Crippen LogP contribution is 2.38. The van der Waals surface area contributed by atoms with E-state index in [4.69, 9.17) is 5.10 Å². The van der Waals surface area contributed by atoms with E-state index < -0.39 is 0 Å². The van der Waals surface area contributed by atoms with E-state index in [1.807, 2.05) is 36.7 Å². The summed E-state index contributed by atoms with van der Waals surface area (Å²) in [5.74, 6) is 0. The van der Waals surface area contributed by atoms with Crippen molar-refractivity contribution in [1.29, 1.82) is 0 Å². The molecule has 0 fully saturated rings. The molecule has 1 aliphatic rings. The van der Waals surface area contributed by atoms with Crippen LogP contribution in [0.3, 0.4) is 0 Å². The minimum Gasteiger partial charge on any atom is -0.268 e. The van der Waals surface area contributed by atoms with E-state index in [1.54, 1.807) is 0 Å². The highest BCUT2D eigenvalue weighted by atomic mass is 15.3. The maximum absolute atomic E-state index is 4.94. The molecule has 1 aromatic carbocycles. The lowest BCUT2D eigenvalue weighted by atomic mass is 9.99. The molecule has 24 heavy (non-hydrogen) atoms. The summed E-state index contributed by atoms with van der Waals surface area (Å²) >= 11 is 0. The van der Waals surface area contributed by atoms with Gasteiger partial charge >= 0.3 is 0 Å². The van der Waals surface area contributed by atoms with Crippen LogP contribution in [0.25, 0.3) is 33.4 Å². The lowest BCUT2D eigenvalue weighted by Gasteiger charge is -2.07. The van der Waals surface area contributed by atoms with Crippen LogP contribution in [-0.2, 0) is 13.0 Å². The van der Waals surface area contributed by atoms with E-state index in [0.29, 0.717) is 0 Å². The largest absolute Gasteiger partial charge is 0.268 e. The molecule has 0 saturated heterocycles. The molecule has 0 radical (unpaired) electrons. The van der Waals surface area contributed by atoms with Crippen molar-refractivity contribution in [3.8, 4) is 22.5 Å². The van der Waals surface area contributed by atoms with Crippen LogP contribution in [0.15, 0.2) is 60.9 Å². The lowest BCUT2D eigenvalue weighted by molar-refractivity contribution is 0.659. The quantitative estimate of drug-likeness (QED) is 0.559. The van der Waals surface area contributed by atoms with Gasteiger partial charge in [-0.3, -0.25) is 14.6 Å². The number of hydrogen-bond donors (Lipinski definition) is 0. The molecule has 4 nitrogen and oxygen atoms in total. The molecule has 116 valence electrons. The molecule has 3 aromatic heterocycles. The van der Waals surface area contributed by atoms with Crippen LogP contribution in [0.1, 0.15) is 12.1 Å². The SMILES string of the molecule is c1ccc(-c2c(-c3ccnc4ccccc34)nn3c2CCC3)nc1. The minimum atomic E-state index is 0.984. The number of hydrogen-bond acceptors (Lipinski definition) is 3. The van der Waals surface area contributed by atoms with Crippen molar-refractivity contribution in [3.63, 3.8) is 0 Å². The molecule has 4 aromatic rings.